The number of rotatable bonds is 14. The molecule has 1 aliphatic rings. The summed E-state index contributed by atoms with van der Waals surface area (Å²) in [5.74, 6) is -5.72. The molecule has 7 N–H and O–H groups in total. The molecule has 7 amide bonds. The third-order valence-corrected chi connectivity index (χ3v) is 10.1. The van der Waals surface area contributed by atoms with Crippen molar-refractivity contribution in [2.24, 2.45) is 29.6 Å². The van der Waals surface area contributed by atoms with Crippen LogP contribution in [0.5, 0.6) is 0 Å². The van der Waals surface area contributed by atoms with Crippen LogP contribution in [0.2, 0.25) is 0 Å². The van der Waals surface area contributed by atoms with Gasteiger partial charge in [0.05, 0.1) is 0 Å². The Morgan fingerprint density at radius 2 is 1.12 bits per heavy atom. The van der Waals surface area contributed by atoms with Gasteiger partial charge in [-0.05, 0) is 83.0 Å². The van der Waals surface area contributed by atoms with E-state index in [-0.39, 0.29) is 61.7 Å². The van der Waals surface area contributed by atoms with E-state index >= 15 is 0 Å². The van der Waals surface area contributed by atoms with Crippen molar-refractivity contribution in [1.82, 2.24) is 37.2 Å². The number of ether oxygens (including phenoxy) is 1. The smallest absolute Gasteiger partial charge is 0.328 e. The molecule has 0 bridgehead atoms. The first kappa shape index (κ1) is 52.8. The normalized spacial score (nSPS) is 28.0. The van der Waals surface area contributed by atoms with Crippen LogP contribution in [-0.2, 0) is 43.1 Å². The van der Waals surface area contributed by atoms with Crippen molar-refractivity contribution in [3.8, 4) is 0 Å². The summed E-state index contributed by atoms with van der Waals surface area (Å²) < 4.78 is 5.65. The lowest BCUT2D eigenvalue weighted by Crippen LogP contribution is -2.65. The van der Waals surface area contributed by atoms with Crippen molar-refractivity contribution in [1.29, 1.82) is 0 Å². The Hall–Kier alpha value is -4.24. The molecule has 16 heteroatoms. The second-order valence-electron chi connectivity index (χ2n) is 18.6. The molecule has 0 aromatic carbocycles. The maximum Gasteiger partial charge on any atom is 0.328 e. The molecule has 9 atom stereocenters. The third-order valence-electron chi connectivity index (χ3n) is 10.1. The van der Waals surface area contributed by atoms with Gasteiger partial charge in [0.15, 0.2) is 0 Å². The zero-order valence-corrected chi connectivity index (χ0v) is 38.3. The quantitative estimate of drug-likeness (QED) is 0.127. The summed E-state index contributed by atoms with van der Waals surface area (Å²) >= 11 is 0. The Morgan fingerprint density at radius 3 is 1.63 bits per heavy atom. The highest BCUT2D eigenvalue weighted by Gasteiger charge is 2.41. The fraction of sp³-hybridized carbons (Fsp3) is 0.814. The molecule has 338 valence electrons. The molecule has 0 radical (unpaired) electrons. The van der Waals surface area contributed by atoms with E-state index < -0.39 is 95.2 Å². The number of nitrogens with one attached hydrogen (secondary N) is 7. The minimum atomic E-state index is -1.53. The zero-order valence-electron chi connectivity index (χ0n) is 38.3. The molecule has 0 spiro atoms. The van der Waals surface area contributed by atoms with Crippen LogP contribution in [-0.4, -0.2) is 95.2 Å². The minimum absolute atomic E-state index is 0.00854. The van der Waals surface area contributed by atoms with Crippen molar-refractivity contribution in [2.45, 2.75) is 196 Å². The summed E-state index contributed by atoms with van der Waals surface area (Å²) in [6.45, 7) is 24.8. The Bertz CT molecular complexity index is 1450. The van der Waals surface area contributed by atoms with Gasteiger partial charge in [0.1, 0.15) is 47.9 Å². The van der Waals surface area contributed by atoms with Gasteiger partial charge in [-0.1, -0.05) is 88.5 Å². The Labute approximate surface area is 352 Å². The Kier molecular flexibility index (Phi) is 22.1. The SMILES string of the molecule is CCCCC(C)CC(=O)NC1C(=O)NC(C)C(=O)NC(CC(C)C)C(=O)NC(C)(CC(C)C)C(=O)NC(CC(C)C)C(=O)NC(CC(C)C)C(=O)NC(C)C(=O)OC1C. The topological polar surface area (TPSA) is 230 Å². The van der Waals surface area contributed by atoms with Crippen LogP contribution >= 0.6 is 0 Å². The Morgan fingerprint density at radius 1 is 0.644 bits per heavy atom. The predicted octanol–water partition coefficient (Wildman–Crippen LogP) is 3.16. The number of amides is 7. The molecule has 59 heavy (non-hydrogen) atoms. The largest absolute Gasteiger partial charge is 0.458 e. The van der Waals surface area contributed by atoms with Crippen LogP contribution in [0, 0.1) is 29.6 Å². The van der Waals surface area contributed by atoms with Gasteiger partial charge in [-0.3, -0.25) is 33.6 Å². The molecule has 1 aliphatic heterocycles. The number of carbonyl (C=O) groups is 8. The number of esters is 1. The van der Waals surface area contributed by atoms with E-state index in [9.17, 15) is 38.4 Å². The van der Waals surface area contributed by atoms with Crippen LogP contribution < -0.4 is 37.2 Å². The highest BCUT2D eigenvalue weighted by Crippen LogP contribution is 2.20. The van der Waals surface area contributed by atoms with E-state index in [1.54, 1.807) is 6.92 Å². The standard InChI is InChI=1S/C43H77N7O9/c1-15-16-17-27(10)21-34(51)49-35-30(13)59-41(57)29(12)45-37(53)31(18-23(2)3)47-38(54)32(19-24(4)5)48-42(58)43(14,22-26(8)9)50-39(55)33(20-25(6)7)46-36(52)28(11)44-40(35)56/h23-33,35H,15-22H2,1-14H3,(H,44,56)(H,45,53)(H,46,52)(H,47,54)(H,48,58)(H,49,51)(H,50,55). The third kappa shape index (κ3) is 18.7. The van der Waals surface area contributed by atoms with Crippen LogP contribution in [0.3, 0.4) is 0 Å². The lowest BCUT2D eigenvalue weighted by Gasteiger charge is -2.35. The average Bonchev–Trinajstić information content (AvgIpc) is 3.10. The molecule has 16 nitrogen and oxygen atoms in total. The van der Waals surface area contributed by atoms with E-state index in [1.165, 1.54) is 20.8 Å². The summed E-state index contributed by atoms with van der Waals surface area (Å²) in [4.78, 5) is 110. The molecule has 0 aromatic rings. The van der Waals surface area contributed by atoms with Gasteiger partial charge in [-0.15, -0.1) is 0 Å². The molecular formula is C43H77N7O9. The minimum Gasteiger partial charge on any atom is -0.458 e. The molecular weight excluding hydrogens is 759 g/mol. The van der Waals surface area contributed by atoms with Crippen molar-refractivity contribution >= 4 is 47.3 Å². The van der Waals surface area contributed by atoms with Crippen LogP contribution in [0.25, 0.3) is 0 Å². The van der Waals surface area contributed by atoms with Crippen molar-refractivity contribution < 1.29 is 43.1 Å². The van der Waals surface area contributed by atoms with Gasteiger partial charge in [-0.2, -0.15) is 0 Å². The Balaban J connectivity index is 3.82. The fourth-order valence-electron chi connectivity index (χ4n) is 7.07. The van der Waals surface area contributed by atoms with Crippen molar-refractivity contribution in [3.05, 3.63) is 0 Å². The van der Waals surface area contributed by atoms with Crippen molar-refractivity contribution in [2.75, 3.05) is 0 Å². The van der Waals surface area contributed by atoms with E-state index in [0.717, 1.165) is 19.3 Å². The molecule has 0 saturated carbocycles. The van der Waals surface area contributed by atoms with E-state index in [0.29, 0.717) is 0 Å². The molecule has 0 aliphatic carbocycles. The monoisotopic (exact) mass is 836 g/mol. The van der Waals surface area contributed by atoms with Crippen LogP contribution in [0.4, 0.5) is 0 Å². The maximum atomic E-state index is 14.2. The summed E-state index contributed by atoms with van der Waals surface area (Å²) in [7, 11) is 0. The predicted molar refractivity (Wildman–Crippen MR) is 226 cm³/mol. The van der Waals surface area contributed by atoms with E-state index in [2.05, 4.69) is 37.2 Å². The second kappa shape index (κ2) is 24.7. The highest BCUT2D eigenvalue weighted by molar-refractivity contribution is 5.99. The van der Waals surface area contributed by atoms with Gasteiger partial charge < -0.3 is 42.0 Å². The first-order valence-electron chi connectivity index (χ1n) is 21.6. The molecule has 1 rings (SSSR count). The lowest BCUT2D eigenvalue weighted by molar-refractivity contribution is -0.155. The average molecular weight is 836 g/mol. The summed E-state index contributed by atoms with van der Waals surface area (Å²) in [5.41, 5.74) is -1.53. The molecule has 1 saturated heterocycles. The summed E-state index contributed by atoms with van der Waals surface area (Å²) in [6.07, 6.45) is 2.30. The number of unbranched alkanes of at least 4 members (excludes halogenated alkanes) is 1. The number of hydrogen-bond acceptors (Lipinski definition) is 9. The zero-order chi connectivity index (χ0) is 45.4. The number of cyclic esters (lactones) is 1. The van der Waals surface area contributed by atoms with Gasteiger partial charge in [0.25, 0.3) is 0 Å². The fourth-order valence-corrected chi connectivity index (χ4v) is 7.07. The first-order chi connectivity index (χ1) is 27.3. The molecule has 1 heterocycles. The summed E-state index contributed by atoms with van der Waals surface area (Å²) in [6, 6.07) is -7.20. The van der Waals surface area contributed by atoms with Crippen LogP contribution in [0.15, 0.2) is 0 Å². The van der Waals surface area contributed by atoms with Gasteiger partial charge in [0, 0.05) is 6.42 Å². The first-order valence-corrected chi connectivity index (χ1v) is 21.6. The van der Waals surface area contributed by atoms with Gasteiger partial charge >= 0.3 is 5.97 Å². The van der Waals surface area contributed by atoms with E-state index in [4.69, 9.17) is 4.74 Å². The molecule has 9 unspecified atom stereocenters. The van der Waals surface area contributed by atoms with Crippen molar-refractivity contribution in [3.63, 3.8) is 0 Å². The maximum absolute atomic E-state index is 14.2. The highest BCUT2D eigenvalue weighted by atomic mass is 16.5. The van der Waals surface area contributed by atoms with Gasteiger partial charge in [-0.25, -0.2) is 4.79 Å². The van der Waals surface area contributed by atoms with Gasteiger partial charge in [0.2, 0.25) is 41.4 Å². The molecule has 1 fully saturated rings. The lowest BCUT2D eigenvalue weighted by atomic mass is 9.88. The number of hydrogen-bond donors (Lipinski definition) is 7. The second-order valence-corrected chi connectivity index (χ2v) is 18.6. The van der Waals surface area contributed by atoms with E-state index in [1.807, 2.05) is 69.2 Å². The summed E-state index contributed by atoms with van der Waals surface area (Å²) in [5, 5.41) is 19.1. The van der Waals surface area contributed by atoms with Crippen LogP contribution in [0.1, 0.15) is 148 Å². The number of carbonyl (C=O) groups excluding carboxylic acids is 8. The molecule has 0 aromatic heterocycles.